The number of benzene rings is 1. The predicted octanol–water partition coefficient (Wildman–Crippen LogP) is 3.27. The number of carbonyl (C=O) groups excluding carboxylic acids is 1. The van der Waals surface area contributed by atoms with Crippen molar-refractivity contribution in [2.75, 3.05) is 11.0 Å². The smallest absolute Gasteiger partial charge is 0.255 e. The number of rotatable bonds is 4. The van der Waals surface area contributed by atoms with Gasteiger partial charge >= 0.3 is 0 Å². The van der Waals surface area contributed by atoms with Crippen molar-refractivity contribution >= 4 is 28.0 Å². The molecule has 1 aromatic carbocycles. The normalized spacial score (nSPS) is 16.5. The Bertz CT molecular complexity index is 1060. The van der Waals surface area contributed by atoms with Gasteiger partial charge in [-0.1, -0.05) is 19.9 Å². The number of fused-ring (bicyclic) bond motifs is 1. The fraction of sp³-hybridized carbons (Fsp3) is 0.316. The molecule has 142 valence electrons. The predicted molar refractivity (Wildman–Crippen MR) is 103 cm³/mol. The first-order valence-electron chi connectivity index (χ1n) is 8.44. The van der Waals surface area contributed by atoms with Crippen molar-refractivity contribution < 1.29 is 17.6 Å². The van der Waals surface area contributed by atoms with Gasteiger partial charge in [-0.15, -0.1) is 0 Å². The Morgan fingerprint density at radius 1 is 1.19 bits per heavy atom. The summed E-state index contributed by atoms with van der Waals surface area (Å²) in [5.41, 5.74) is 3.15. The maximum atomic E-state index is 13.5. The maximum Gasteiger partial charge on any atom is 0.255 e. The molecule has 2 heterocycles. The van der Waals surface area contributed by atoms with E-state index < -0.39 is 15.9 Å². The van der Waals surface area contributed by atoms with Crippen LogP contribution in [0.5, 0.6) is 0 Å². The van der Waals surface area contributed by atoms with Gasteiger partial charge in [-0.05, 0) is 47.7 Å². The van der Waals surface area contributed by atoms with Crippen LogP contribution in [-0.2, 0) is 14.8 Å². The van der Waals surface area contributed by atoms with Crippen molar-refractivity contribution in [3.8, 4) is 11.1 Å². The molecule has 3 rings (SSSR count). The van der Waals surface area contributed by atoms with Gasteiger partial charge in [-0.3, -0.25) is 9.52 Å². The quantitative estimate of drug-likeness (QED) is 0.869. The molecule has 8 heteroatoms. The second-order valence-corrected chi connectivity index (χ2v) is 8.75. The van der Waals surface area contributed by atoms with Crippen LogP contribution in [0.3, 0.4) is 0 Å². The number of hydrogen-bond acceptors (Lipinski definition) is 4. The number of sulfonamides is 1. The number of nitrogens with zero attached hydrogens (tertiary/aromatic N) is 2. The van der Waals surface area contributed by atoms with Crippen molar-refractivity contribution in [1.29, 1.82) is 0 Å². The van der Waals surface area contributed by atoms with Gasteiger partial charge < -0.3 is 0 Å². The molecule has 0 saturated carbocycles. The molecule has 0 saturated heterocycles. The molecular formula is C19H20FN3O3S. The first kappa shape index (κ1) is 19.2. The fourth-order valence-electron chi connectivity index (χ4n) is 3.27. The van der Waals surface area contributed by atoms with E-state index in [2.05, 4.69) is 14.7 Å². The van der Waals surface area contributed by atoms with E-state index in [0.29, 0.717) is 22.4 Å². The summed E-state index contributed by atoms with van der Waals surface area (Å²) in [6, 6.07) is 5.94. The zero-order valence-electron chi connectivity index (χ0n) is 15.4. The molecule has 1 amide bonds. The van der Waals surface area contributed by atoms with Crippen LogP contribution in [0, 0.1) is 18.7 Å². The summed E-state index contributed by atoms with van der Waals surface area (Å²) in [6.45, 7) is 5.53. The minimum atomic E-state index is -3.56. The molecule has 1 aliphatic heterocycles. The lowest BCUT2D eigenvalue weighted by molar-refractivity contribution is -0.120. The van der Waals surface area contributed by atoms with Crippen LogP contribution in [0.15, 0.2) is 29.3 Å². The highest BCUT2D eigenvalue weighted by atomic mass is 32.2. The van der Waals surface area contributed by atoms with Gasteiger partial charge in [0.05, 0.1) is 17.9 Å². The number of pyridine rings is 1. The highest BCUT2D eigenvalue weighted by Crippen LogP contribution is 2.37. The van der Waals surface area contributed by atoms with Gasteiger partial charge in [0.1, 0.15) is 11.6 Å². The number of carbonyl (C=O) groups is 1. The standard InChI is InChI=1S/C19H20FN3O3S/c1-10(2)17-18-15(9-21-19(17)24)14(8-16(22-18)23-27(4,25)26)13-6-5-12(20)7-11(13)3/h5-10,17H,1-4H3,(H,22,23). The zero-order chi connectivity index (χ0) is 19.9. The number of amides is 1. The Morgan fingerprint density at radius 3 is 2.48 bits per heavy atom. The lowest BCUT2D eigenvalue weighted by atomic mass is 9.84. The monoisotopic (exact) mass is 389 g/mol. The lowest BCUT2D eigenvalue weighted by Gasteiger charge is -2.25. The molecule has 1 aromatic heterocycles. The van der Waals surface area contributed by atoms with Crippen LogP contribution < -0.4 is 4.72 Å². The Kier molecular flexibility index (Phi) is 4.86. The number of halogens is 1. The topological polar surface area (TPSA) is 88.5 Å². The van der Waals surface area contributed by atoms with Crippen LogP contribution in [0.1, 0.15) is 36.6 Å². The van der Waals surface area contributed by atoms with Crippen LogP contribution in [0.2, 0.25) is 0 Å². The Labute approximate surface area is 157 Å². The Balaban J connectivity index is 2.32. The van der Waals surface area contributed by atoms with Crippen LogP contribution >= 0.6 is 0 Å². The second-order valence-electron chi connectivity index (χ2n) is 7.01. The lowest BCUT2D eigenvalue weighted by Crippen LogP contribution is -2.25. The Hall–Kier alpha value is -2.61. The highest BCUT2D eigenvalue weighted by Gasteiger charge is 2.32. The molecule has 0 aliphatic carbocycles. The van der Waals surface area contributed by atoms with Crippen molar-refractivity contribution in [2.24, 2.45) is 10.9 Å². The zero-order valence-corrected chi connectivity index (χ0v) is 16.3. The van der Waals surface area contributed by atoms with E-state index in [-0.39, 0.29) is 23.5 Å². The van der Waals surface area contributed by atoms with E-state index in [1.54, 1.807) is 19.1 Å². The number of anilines is 1. The third kappa shape index (κ3) is 3.90. The van der Waals surface area contributed by atoms with E-state index >= 15 is 0 Å². The van der Waals surface area contributed by atoms with Crippen molar-refractivity contribution in [1.82, 2.24) is 4.98 Å². The number of aryl methyl sites for hydroxylation is 1. The minimum Gasteiger partial charge on any atom is -0.272 e. The average Bonchev–Trinajstić information content (AvgIpc) is 2.52. The third-order valence-corrected chi connectivity index (χ3v) is 4.98. The van der Waals surface area contributed by atoms with Gasteiger partial charge in [0, 0.05) is 11.8 Å². The first-order valence-corrected chi connectivity index (χ1v) is 10.3. The highest BCUT2D eigenvalue weighted by molar-refractivity contribution is 7.92. The van der Waals surface area contributed by atoms with E-state index in [9.17, 15) is 17.6 Å². The van der Waals surface area contributed by atoms with E-state index in [0.717, 1.165) is 11.8 Å². The van der Waals surface area contributed by atoms with E-state index in [4.69, 9.17) is 0 Å². The summed E-state index contributed by atoms with van der Waals surface area (Å²) in [5, 5.41) is 0. The summed E-state index contributed by atoms with van der Waals surface area (Å²) in [7, 11) is -3.56. The van der Waals surface area contributed by atoms with Gasteiger partial charge in [-0.2, -0.15) is 0 Å². The van der Waals surface area contributed by atoms with Gasteiger partial charge in [0.15, 0.2) is 0 Å². The summed E-state index contributed by atoms with van der Waals surface area (Å²) in [4.78, 5) is 20.7. The molecule has 0 spiro atoms. The van der Waals surface area contributed by atoms with Crippen LogP contribution in [-0.4, -0.2) is 31.8 Å². The van der Waals surface area contributed by atoms with Crippen LogP contribution in [0.4, 0.5) is 10.2 Å². The molecule has 1 aliphatic rings. The molecule has 0 bridgehead atoms. The molecule has 0 fully saturated rings. The van der Waals surface area contributed by atoms with Crippen molar-refractivity contribution in [2.45, 2.75) is 26.7 Å². The minimum absolute atomic E-state index is 0.0724. The van der Waals surface area contributed by atoms with E-state index in [1.165, 1.54) is 18.3 Å². The van der Waals surface area contributed by atoms with E-state index in [1.807, 2.05) is 13.8 Å². The fourth-order valence-corrected chi connectivity index (χ4v) is 3.75. The summed E-state index contributed by atoms with van der Waals surface area (Å²) < 4.78 is 39.4. The third-order valence-electron chi connectivity index (χ3n) is 4.40. The first-order chi connectivity index (χ1) is 12.6. The van der Waals surface area contributed by atoms with Crippen molar-refractivity contribution in [3.05, 3.63) is 46.9 Å². The number of nitrogens with one attached hydrogen (secondary N) is 1. The largest absolute Gasteiger partial charge is 0.272 e. The van der Waals surface area contributed by atoms with Crippen LogP contribution in [0.25, 0.3) is 11.1 Å². The molecule has 2 aromatic rings. The van der Waals surface area contributed by atoms with Gasteiger partial charge in [0.25, 0.3) is 5.91 Å². The molecule has 27 heavy (non-hydrogen) atoms. The molecular weight excluding hydrogens is 369 g/mol. The van der Waals surface area contributed by atoms with Crippen molar-refractivity contribution in [3.63, 3.8) is 0 Å². The molecule has 1 atom stereocenters. The summed E-state index contributed by atoms with van der Waals surface area (Å²) >= 11 is 0. The Morgan fingerprint density at radius 2 is 1.89 bits per heavy atom. The summed E-state index contributed by atoms with van der Waals surface area (Å²) in [5.74, 6) is -1.22. The molecule has 6 nitrogen and oxygen atoms in total. The van der Waals surface area contributed by atoms with Gasteiger partial charge in [0.2, 0.25) is 10.0 Å². The number of aromatic nitrogens is 1. The second kappa shape index (κ2) is 6.84. The molecule has 0 radical (unpaired) electrons. The summed E-state index contributed by atoms with van der Waals surface area (Å²) in [6.07, 6.45) is 2.48. The number of hydrogen-bond donors (Lipinski definition) is 1. The molecule has 1 unspecified atom stereocenters. The number of aliphatic imine (C=N–C) groups is 1. The van der Waals surface area contributed by atoms with Gasteiger partial charge in [-0.25, -0.2) is 22.8 Å². The SMILES string of the molecule is Cc1cc(F)ccc1-c1cc(NS(C)(=O)=O)nc2c1C=NC(=O)C2C(C)C. The maximum absolute atomic E-state index is 13.5. The molecule has 1 N–H and O–H groups in total. The average molecular weight is 389 g/mol.